The largest absolute Gasteiger partial charge is 0.510 e. The predicted octanol–water partition coefficient (Wildman–Crippen LogP) is 5.94. The summed E-state index contributed by atoms with van der Waals surface area (Å²) in [5, 5.41) is 23.8. The van der Waals surface area contributed by atoms with Gasteiger partial charge in [0.1, 0.15) is 16.6 Å². The number of aliphatic hydroxyl groups is 1. The summed E-state index contributed by atoms with van der Waals surface area (Å²) in [4.78, 5) is 7.57. The highest BCUT2D eigenvalue weighted by Gasteiger charge is 2.31. The number of nitrogens with one attached hydrogen (secondary N) is 1. The van der Waals surface area contributed by atoms with Gasteiger partial charge in [0.05, 0.1) is 22.7 Å². The van der Waals surface area contributed by atoms with Gasteiger partial charge in [-0.2, -0.15) is 0 Å². The number of thiazole rings is 1. The van der Waals surface area contributed by atoms with E-state index in [0.717, 1.165) is 16.3 Å². The molecule has 2 N–H and O–H groups in total. The van der Waals surface area contributed by atoms with E-state index >= 15 is 0 Å². The van der Waals surface area contributed by atoms with Crippen molar-refractivity contribution in [2.75, 3.05) is 11.4 Å². The summed E-state index contributed by atoms with van der Waals surface area (Å²) in [7, 11) is 0. The third-order valence-corrected chi connectivity index (χ3v) is 6.39. The molecular formula is C21H21N3OS2. The quantitative estimate of drug-likeness (QED) is 0.577. The first-order chi connectivity index (χ1) is 12.8. The van der Waals surface area contributed by atoms with Crippen LogP contribution in [0.25, 0.3) is 16.1 Å². The van der Waals surface area contributed by atoms with Gasteiger partial charge in [-0.3, -0.25) is 5.41 Å². The molecule has 6 heteroatoms. The van der Waals surface area contributed by atoms with Crippen molar-refractivity contribution in [2.24, 2.45) is 0 Å². The minimum atomic E-state index is 0.0850. The molecule has 3 heterocycles. The van der Waals surface area contributed by atoms with Gasteiger partial charge in [-0.1, -0.05) is 39.0 Å². The molecule has 0 aliphatic carbocycles. The highest BCUT2D eigenvalue weighted by molar-refractivity contribution is 7.14. The van der Waals surface area contributed by atoms with Crippen LogP contribution in [0.3, 0.4) is 0 Å². The maximum absolute atomic E-state index is 10.5. The van der Waals surface area contributed by atoms with Gasteiger partial charge in [0.15, 0.2) is 0 Å². The Labute approximate surface area is 167 Å². The lowest BCUT2D eigenvalue weighted by Crippen LogP contribution is -2.26. The molecule has 0 radical (unpaired) electrons. The third kappa shape index (κ3) is 3.31. The molecule has 1 aromatic carbocycles. The zero-order valence-electron chi connectivity index (χ0n) is 15.5. The minimum Gasteiger partial charge on any atom is -0.510 e. The predicted molar refractivity (Wildman–Crippen MR) is 115 cm³/mol. The summed E-state index contributed by atoms with van der Waals surface area (Å²) in [5.74, 6) is 0.495. The maximum atomic E-state index is 10.5. The van der Waals surface area contributed by atoms with Gasteiger partial charge in [0.2, 0.25) is 0 Å². The molecule has 0 saturated heterocycles. The molecule has 4 nitrogen and oxygen atoms in total. The van der Waals surface area contributed by atoms with Crippen molar-refractivity contribution in [2.45, 2.75) is 26.2 Å². The van der Waals surface area contributed by atoms with E-state index in [2.05, 4.69) is 37.9 Å². The summed E-state index contributed by atoms with van der Waals surface area (Å²) in [5.41, 5.74) is 3.66. The van der Waals surface area contributed by atoms with Gasteiger partial charge >= 0.3 is 0 Å². The van der Waals surface area contributed by atoms with E-state index in [4.69, 9.17) is 5.41 Å². The number of rotatable bonds is 3. The number of aliphatic hydroxyl groups excluding tert-OH is 1. The SMILES string of the molecule is CC(C)(C)c1ccc(N2CC(O)=C(c3nc(-c4cccs4)cs3)C2=N)cc1. The Morgan fingerprint density at radius 1 is 1.11 bits per heavy atom. The van der Waals surface area contributed by atoms with Gasteiger partial charge in [-0.25, -0.2) is 4.98 Å². The standard InChI is InChI=1S/C21H21N3OS2/c1-21(2,3)13-6-8-14(9-7-13)24-11-16(25)18(19(24)22)20-23-15(12-27-20)17-5-4-10-26-17/h4-10,12,22,25H,11H2,1-3H3. The van der Waals surface area contributed by atoms with Crippen LogP contribution in [0.15, 0.2) is 52.9 Å². The lowest BCUT2D eigenvalue weighted by molar-refractivity contribution is 0.411. The van der Waals surface area contributed by atoms with Crippen molar-refractivity contribution < 1.29 is 5.11 Å². The van der Waals surface area contributed by atoms with Crippen molar-refractivity contribution in [1.29, 1.82) is 5.41 Å². The maximum Gasteiger partial charge on any atom is 0.139 e. The molecule has 0 amide bonds. The fourth-order valence-corrected chi connectivity index (χ4v) is 4.74. The number of hydrogen-bond donors (Lipinski definition) is 2. The van der Waals surface area contributed by atoms with Gasteiger partial charge in [-0.15, -0.1) is 22.7 Å². The number of thiophene rings is 1. The number of aromatic nitrogens is 1. The number of amidine groups is 1. The summed E-state index contributed by atoms with van der Waals surface area (Å²) in [6.07, 6.45) is 0. The van der Waals surface area contributed by atoms with Crippen LogP contribution in [-0.2, 0) is 5.41 Å². The second kappa shape index (κ2) is 6.62. The Balaban J connectivity index is 1.60. The molecule has 0 atom stereocenters. The molecule has 0 bridgehead atoms. The van der Waals surface area contributed by atoms with Crippen LogP contribution in [-0.4, -0.2) is 22.5 Å². The molecular weight excluding hydrogens is 374 g/mol. The van der Waals surface area contributed by atoms with E-state index in [1.165, 1.54) is 16.9 Å². The summed E-state index contributed by atoms with van der Waals surface area (Å²) in [6.45, 7) is 6.84. The molecule has 1 aliphatic rings. The molecule has 138 valence electrons. The van der Waals surface area contributed by atoms with Crippen LogP contribution >= 0.6 is 22.7 Å². The second-order valence-corrected chi connectivity index (χ2v) is 9.37. The molecule has 27 heavy (non-hydrogen) atoms. The minimum absolute atomic E-state index is 0.0850. The van der Waals surface area contributed by atoms with Crippen molar-refractivity contribution in [3.8, 4) is 10.6 Å². The number of nitrogens with zero attached hydrogens (tertiary/aromatic N) is 2. The Hall–Kier alpha value is -2.44. The second-order valence-electron chi connectivity index (χ2n) is 7.57. The van der Waals surface area contributed by atoms with Crippen molar-refractivity contribution in [1.82, 2.24) is 4.98 Å². The Bertz CT molecular complexity index is 1010. The molecule has 0 unspecified atom stereocenters. The number of hydrogen-bond acceptors (Lipinski definition) is 5. The first-order valence-electron chi connectivity index (χ1n) is 8.73. The zero-order chi connectivity index (χ0) is 19.2. The monoisotopic (exact) mass is 395 g/mol. The third-order valence-electron chi connectivity index (χ3n) is 4.64. The van der Waals surface area contributed by atoms with E-state index < -0.39 is 0 Å². The van der Waals surface area contributed by atoms with E-state index in [1.807, 2.05) is 39.9 Å². The van der Waals surface area contributed by atoms with Gasteiger partial charge < -0.3 is 10.0 Å². The van der Waals surface area contributed by atoms with Crippen molar-refractivity contribution in [3.63, 3.8) is 0 Å². The zero-order valence-corrected chi connectivity index (χ0v) is 17.1. The van der Waals surface area contributed by atoms with E-state index in [1.54, 1.807) is 11.3 Å². The van der Waals surface area contributed by atoms with E-state index in [9.17, 15) is 5.11 Å². The van der Waals surface area contributed by atoms with E-state index in [-0.39, 0.29) is 11.2 Å². The van der Waals surface area contributed by atoms with Crippen LogP contribution < -0.4 is 4.90 Å². The molecule has 2 aromatic heterocycles. The molecule has 4 rings (SSSR count). The van der Waals surface area contributed by atoms with Crippen LogP contribution in [0.4, 0.5) is 5.69 Å². The van der Waals surface area contributed by atoms with Crippen LogP contribution in [0.2, 0.25) is 0 Å². The van der Waals surface area contributed by atoms with Crippen LogP contribution in [0.1, 0.15) is 31.3 Å². The first kappa shape index (κ1) is 17.9. The van der Waals surface area contributed by atoms with Crippen LogP contribution in [0, 0.1) is 5.41 Å². The van der Waals surface area contributed by atoms with Gasteiger partial charge in [-0.05, 0) is 34.6 Å². The number of anilines is 1. The van der Waals surface area contributed by atoms with Gasteiger partial charge in [0, 0.05) is 11.1 Å². The molecule has 1 aliphatic heterocycles. The average molecular weight is 396 g/mol. The molecule has 0 spiro atoms. The Morgan fingerprint density at radius 2 is 1.85 bits per heavy atom. The van der Waals surface area contributed by atoms with E-state index in [0.29, 0.717) is 23.0 Å². The molecule has 0 fully saturated rings. The van der Waals surface area contributed by atoms with Crippen molar-refractivity contribution >= 4 is 39.8 Å². The normalized spacial score (nSPS) is 15.1. The first-order valence-corrected chi connectivity index (χ1v) is 10.5. The lowest BCUT2D eigenvalue weighted by atomic mass is 9.87. The summed E-state index contributed by atoms with van der Waals surface area (Å²) >= 11 is 3.10. The summed E-state index contributed by atoms with van der Waals surface area (Å²) in [6, 6.07) is 12.2. The topological polar surface area (TPSA) is 60.2 Å². The van der Waals surface area contributed by atoms with Crippen molar-refractivity contribution in [3.05, 3.63) is 63.5 Å². The highest BCUT2D eigenvalue weighted by atomic mass is 32.1. The summed E-state index contributed by atoms with van der Waals surface area (Å²) < 4.78 is 0. The van der Waals surface area contributed by atoms with Gasteiger partial charge in [0.25, 0.3) is 0 Å². The molecule has 0 saturated carbocycles. The smallest absolute Gasteiger partial charge is 0.139 e. The fourth-order valence-electron chi connectivity index (χ4n) is 3.09. The average Bonchev–Trinajstić information content (AvgIpc) is 3.34. The Morgan fingerprint density at radius 3 is 2.48 bits per heavy atom. The highest BCUT2D eigenvalue weighted by Crippen LogP contribution is 2.35. The number of benzene rings is 1. The Kier molecular flexibility index (Phi) is 4.40. The van der Waals surface area contributed by atoms with Crippen LogP contribution in [0.5, 0.6) is 0 Å². The fraction of sp³-hybridized carbons (Fsp3) is 0.238. The molecule has 3 aromatic rings. The lowest BCUT2D eigenvalue weighted by Gasteiger charge is -2.22.